The Hall–Kier alpha value is -1.29. The number of carbonyl (C=O) groups is 1. The number of aromatic nitrogens is 1. The molecule has 0 saturated heterocycles. The van der Waals surface area contributed by atoms with E-state index in [4.69, 9.17) is 4.79 Å². The van der Waals surface area contributed by atoms with Crippen LogP contribution in [0.2, 0.25) is 0 Å². The van der Waals surface area contributed by atoms with Crippen LogP contribution in [0.25, 0.3) is 10.9 Å². The first-order valence-corrected chi connectivity index (χ1v) is 6.22. The zero-order valence-electron chi connectivity index (χ0n) is 8.95. The van der Waals surface area contributed by atoms with Gasteiger partial charge >= 0.3 is 0 Å². The van der Waals surface area contributed by atoms with Crippen molar-refractivity contribution >= 4 is 33.2 Å². The molecule has 0 aliphatic carbocycles. The molecule has 0 unspecified atom stereocenters. The maximum absolute atomic E-state index is 8.58. The number of nitrogens with two attached hydrogens (primary N) is 1. The molecule has 16 heavy (non-hydrogen) atoms. The van der Waals surface area contributed by atoms with Crippen molar-refractivity contribution in [1.29, 1.82) is 0 Å². The number of amides is 1. The molecule has 0 spiro atoms. The summed E-state index contributed by atoms with van der Waals surface area (Å²) in [6, 6.07) is 10.6. The zero-order valence-corrected chi connectivity index (χ0v) is 10.5. The second kappa shape index (κ2) is 7.06. The molecule has 0 saturated carbocycles. The first-order valence-electron chi connectivity index (χ1n) is 5.09. The monoisotopic (exact) mass is 282 g/mol. The lowest BCUT2D eigenvalue weighted by atomic mass is 10.2. The van der Waals surface area contributed by atoms with E-state index in [1.807, 2.05) is 0 Å². The van der Waals surface area contributed by atoms with E-state index in [0.717, 1.165) is 11.8 Å². The normalized spacial score (nSPS) is 9.56. The molecule has 0 bridgehead atoms. The van der Waals surface area contributed by atoms with Gasteiger partial charge in [0.25, 0.3) is 0 Å². The number of hydrogen-bond acceptors (Lipinski definition) is 1. The number of fused-ring (bicyclic) bond motifs is 1. The lowest BCUT2D eigenvalue weighted by Crippen LogP contribution is -1.84. The van der Waals surface area contributed by atoms with Crippen molar-refractivity contribution in [3.63, 3.8) is 0 Å². The maximum Gasteiger partial charge on any atom is 0.204 e. The van der Waals surface area contributed by atoms with Crippen LogP contribution in [-0.4, -0.2) is 16.7 Å². The SMILES string of the molecule is BrCCCc1cc2ccccc2[nH]1.NC=O. The number of para-hydroxylation sites is 1. The fraction of sp³-hybridized carbons (Fsp3) is 0.250. The number of H-pyrrole nitrogens is 1. The van der Waals surface area contributed by atoms with Gasteiger partial charge in [0, 0.05) is 16.5 Å². The highest BCUT2D eigenvalue weighted by atomic mass is 79.9. The average molecular weight is 283 g/mol. The molecule has 3 N–H and O–H groups in total. The zero-order chi connectivity index (χ0) is 11.8. The minimum Gasteiger partial charge on any atom is -0.372 e. The Morgan fingerprint density at radius 3 is 2.69 bits per heavy atom. The van der Waals surface area contributed by atoms with E-state index >= 15 is 0 Å². The molecular formula is C12H15BrN2O. The number of benzene rings is 1. The molecule has 0 fully saturated rings. The predicted octanol–water partition coefficient (Wildman–Crippen LogP) is 2.60. The summed E-state index contributed by atoms with van der Waals surface area (Å²) in [6.07, 6.45) is 2.56. The van der Waals surface area contributed by atoms with Crippen LogP contribution < -0.4 is 5.73 Å². The molecule has 1 aromatic heterocycles. The quantitative estimate of drug-likeness (QED) is 0.660. The number of primary amides is 1. The molecule has 3 nitrogen and oxygen atoms in total. The molecule has 1 heterocycles. The fourth-order valence-corrected chi connectivity index (χ4v) is 1.81. The summed E-state index contributed by atoms with van der Waals surface area (Å²) < 4.78 is 0. The van der Waals surface area contributed by atoms with Crippen molar-refractivity contribution in [3.05, 3.63) is 36.0 Å². The van der Waals surface area contributed by atoms with Gasteiger partial charge in [0.2, 0.25) is 6.41 Å². The summed E-state index contributed by atoms with van der Waals surface area (Å²) in [5.41, 5.74) is 6.74. The van der Waals surface area contributed by atoms with E-state index in [1.165, 1.54) is 23.0 Å². The Labute approximate surface area is 103 Å². The molecule has 0 aliphatic rings. The third-order valence-corrected chi connectivity index (χ3v) is 2.73. The topological polar surface area (TPSA) is 58.9 Å². The predicted molar refractivity (Wildman–Crippen MR) is 70.7 cm³/mol. The van der Waals surface area contributed by atoms with Gasteiger partial charge in [0.15, 0.2) is 0 Å². The average Bonchev–Trinajstić information content (AvgIpc) is 2.70. The molecule has 0 atom stereocenters. The number of aromatic amines is 1. The second-order valence-electron chi connectivity index (χ2n) is 3.31. The van der Waals surface area contributed by atoms with Gasteiger partial charge in [-0.05, 0) is 30.4 Å². The number of halogens is 1. The van der Waals surface area contributed by atoms with Gasteiger partial charge in [-0.3, -0.25) is 4.79 Å². The van der Waals surface area contributed by atoms with Crippen LogP contribution in [-0.2, 0) is 11.2 Å². The molecule has 2 rings (SSSR count). The van der Waals surface area contributed by atoms with E-state index in [9.17, 15) is 0 Å². The number of hydrogen-bond donors (Lipinski definition) is 2. The Morgan fingerprint density at radius 2 is 2.06 bits per heavy atom. The second-order valence-corrected chi connectivity index (χ2v) is 4.10. The highest BCUT2D eigenvalue weighted by molar-refractivity contribution is 9.09. The minimum atomic E-state index is 0.250. The minimum absolute atomic E-state index is 0.250. The molecular weight excluding hydrogens is 268 g/mol. The number of aryl methyl sites for hydroxylation is 1. The fourth-order valence-electron chi connectivity index (χ4n) is 1.53. The summed E-state index contributed by atoms with van der Waals surface area (Å²) in [5, 5.41) is 2.38. The Bertz CT molecular complexity index is 406. The van der Waals surface area contributed by atoms with Gasteiger partial charge < -0.3 is 10.7 Å². The van der Waals surface area contributed by atoms with Crippen molar-refractivity contribution in [3.8, 4) is 0 Å². The lowest BCUT2D eigenvalue weighted by Gasteiger charge is -1.91. The number of carbonyl (C=O) groups excluding carboxylic acids is 1. The molecule has 0 radical (unpaired) electrons. The molecule has 1 aromatic carbocycles. The molecule has 4 heteroatoms. The van der Waals surface area contributed by atoms with Crippen LogP contribution in [0.5, 0.6) is 0 Å². The lowest BCUT2D eigenvalue weighted by molar-refractivity contribution is -0.106. The molecule has 1 amide bonds. The summed E-state index contributed by atoms with van der Waals surface area (Å²) in [4.78, 5) is 12.0. The summed E-state index contributed by atoms with van der Waals surface area (Å²) >= 11 is 3.44. The van der Waals surface area contributed by atoms with Gasteiger partial charge in [-0.2, -0.15) is 0 Å². The number of rotatable bonds is 3. The van der Waals surface area contributed by atoms with Gasteiger partial charge in [-0.25, -0.2) is 0 Å². The van der Waals surface area contributed by atoms with Crippen LogP contribution in [0.4, 0.5) is 0 Å². The summed E-state index contributed by atoms with van der Waals surface area (Å²) in [7, 11) is 0. The maximum atomic E-state index is 8.58. The van der Waals surface area contributed by atoms with Crippen LogP contribution in [0.15, 0.2) is 30.3 Å². The van der Waals surface area contributed by atoms with Crippen molar-refractivity contribution in [1.82, 2.24) is 4.98 Å². The van der Waals surface area contributed by atoms with Crippen molar-refractivity contribution in [2.75, 3.05) is 5.33 Å². The summed E-state index contributed by atoms with van der Waals surface area (Å²) in [6.45, 7) is 0. The third-order valence-electron chi connectivity index (χ3n) is 2.17. The van der Waals surface area contributed by atoms with Gasteiger partial charge in [0.1, 0.15) is 0 Å². The van der Waals surface area contributed by atoms with E-state index in [2.05, 4.69) is 57.0 Å². The van der Waals surface area contributed by atoms with Crippen molar-refractivity contribution in [2.45, 2.75) is 12.8 Å². The van der Waals surface area contributed by atoms with Crippen molar-refractivity contribution < 1.29 is 4.79 Å². The summed E-state index contributed by atoms with van der Waals surface area (Å²) in [5.74, 6) is 0. The van der Waals surface area contributed by atoms with E-state index in [1.54, 1.807) is 0 Å². The van der Waals surface area contributed by atoms with E-state index in [0.29, 0.717) is 0 Å². The highest BCUT2D eigenvalue weighted by Crippen LogP contribution is 2.15. The van der Waals surface area contributed by atoms with Gasteiger partial charge in [-0.15, -0.1) is 0 Å². The van der Waals surface area contributed by atoms with Crippen LogP contribution in [0.3, 0.4) is 0 Å². The Kier molecular flexibility index (Phi) is 5.64. The first kappa shape index (κ1) is 12.8. The van der Waals surface area contributed by atoms with Gasteiger partial charge in [-0.1, -0.05) is 34.1 Å². The van der Waals surface area contributed by atoms with E-state index < -0.39 is 0 Å². The van der Waals surface area contributed by atoms with Crippen LogP contribution in [0, 0.1) is 0 Å². The molecule has 0 aliphatic heterocycles. The smallest absolute Gasteiger partial charge is 0.204 e. The molecule has 86 valence electrons. The van der Waals surface area contributed by atoms with E-state index in [-0.39, 0.29) is 6.41 Å². The molecule has 2 aromatic rings. The van der Waals surface area contributed by atoms with Crippen LogP contribution >= 0.6 is 15.9 Å². The highest BCUT2D eigenvalue weighted by Gasteiger charge is 1.98. The Balaban J connectivity index is 0.000000386. The van der Waals surface area contributed by atoms with Crippen molar-refractivity contribution in [2.24, 2.45) is 5.73 Å². The largest absolute Gasteiger partial charge is 0.372 e. The third kappa shape index (κ3) is 3.70. The standard InChI is InChI=1S/C11H12BrN.CH3NO/c12-7-3-5-10-8-9-4-1-2-6-11(9)13-10;2-1-3/h1-2,4,6,8,13H,3,5,7H2;1H,(H2,2,3). The van der Waals surface area contributed by atoms with Gasteiger partial charge in [0.05, 0.1) is 0 Å². The Morgan fingerprint density at radius 1 is 1.38 bits per heavy atom. The number of alkyl halides is 1. The van der Waals surface area contributed by atoms with Crippen LogP contribution in [0.1, 0.15) is 12.1 Å². The first-order chi connectivity index (χ1) is 7.81. The number of nitrogens with one attached hydrogen (secondary N) is 1.